The summed E-state index contributed by atoms with van der Waals surface area (Å²) in [5, 5.41) is 2.73. The monoisotopic (exact) mass is 352 g/mol. The fraction of sp³-hybridized carbons (Fsp3) is 0.429. The number of hydrogen-bond donors (Lipinski definition) is 1. The van der Waals surface area contributed by atoms with E-state index >= 15 is 0 Å². The van der Waals surface area contributed by atoms with Crippen molar-refractivity contribution in [2.45, 2.75) is 51.6 Å². The van der Waals surface area contributed by atoms with Gasteiger partial charge in [0, 0.05) is 30.1 Å². The van der Waals surface area contributed by atoms with Crippen LogP contribution in [0.15, 0.2) is 40.8 Å². The van der Waals surface area contributed by atoms with Crippen LogP contribution >= 0.6 is 0 Å². The molecule has 0 bridgehead atoms. The van der Waals surface area contributed by atoms with Crippen molar-refractivity contribution in [3.63, 3.8) is 0 Å². The molecule has 4 rings (SSSR count). The van der Waals surface area contributed by atoms with Crippen molar-refractivity contribution in [1.29, 1.82) is 0 Å². The first-order valence-electron chi connectivity index (χ1n) is 9.28. The van der Waals surface area contributed by atoms with E-state index in [0.717, 1.165) is 24.4 Å². The maximum Gasteiger partial charge on any atom is 0.254 e. The van der Waals surface area contributed by atoms with Crippen molar-refractivity contribution in [2.24, 2.45) is 5.92 Å². The summed E-state index contributed by atoms with van der Waals surface area (Å²) < 4.78 is 6.00. The molecule has 5 heteroatoms. The quantitative estimate of drug-likeness (QED) is 0.849. The van der Waals surface area contributed by atoms with E-state index in [9.17, 15) is 9.59 Å². The molecule has 1 aromatic heterocycles. The largest absolute Gasteiger partial charge is 0.464 e. The van der Waals surface area contributed by atoms with Crippen molar-refractivity contribution in [3.05, 3.63) is 53.5 Å². The standard InChI is InChI=1S/C21H24N2O3/c1-13-10-19(13)20-9-8-18(26-20)12-23(17-6-7-17)21(25)15-4-3-5-16(11-15)22-14(2)24/h3-5,8-9,11,13,17,19H,6-7,10,12H2,1-2H3,(H,22,24). The highest BCUT2D eigenvalue weighted by molar-refractivity contribution is 5.97. The molecule has 2 saturated carbocycles. The van der Waals surface area contributed by atoms with Gasteiger partial charge in [-0.1, -0.05) is 13.0 Å². The van der Waals surface area contributed by atoms with Gasteiger partial charge in [-0.25, -0.2) is 0 Å². The molecule has 1 N–H and O–H groups in total. The van der Waals surface area contributed by atoms with Crippen LogP contribution in [0.1, 0.15) is 60.9 Å². The van der Waals surface area contributed by atoms with Crippen LogP contribution in [0.4, 0.5) is 5.69 Å². The van der Waals surface area contributed by atoms with Crippen molar-refractivity contribution >= 4 is 17.5 Å². The SMILES string of the molecule is CC(=O)Nc1cccc(C(=O)N(Cc2ccc(C3CC3C)o2)C2CC2)c1. The second-order valence-corrected chi connectivity index (χ2v) is 7.55. The van der Waals surface area contributed by atoms with Crippen LogP contribution < -0.4 is 5.32 Å². The molecular formula is C21H24N2O3. The second kappa shape index (κ2) is 6.63. The molecule has 5 nitrogen and oxygen atoms in total. The van der Waals surface area contributed by atoms with Gasteiger partial charge >= 0.3 is 0 Å². The highest BCUT2D eigenvalue weighted by Gasteiger charge is 2.37. The summed E-state index contributed by atoms with van der Waals surface area (Å²) in [6.07, 6.45) is 3.25. The highest BCUT2D eigenvalue weighted by atomic mass is 16.3. The van der Waals surface area contributed by atoms with E-state index in [-0.39, 0.29) is 17.9 Å². The third-order valence-corrected chi connectivity index (χ3v) is 5.16. The number of rotatable bonds is 6. The lowest BCUT2D eigenvalue weighted by molar-refractivity contribution is -0.114. The summed E-state index contributed by atoms with van der Waals surface area (Å²) >= 11 is 0. The van der Waals surface area contributed by atoms with Gasteiger partial charge in [0.1, 0.15) is 11.5 Å². The van der Waals surface area contributed by atoms with E-state index < -0.39 is 0 Å². The molecule has 2 atom stereocenters. The summed E-state index contributed by atoms with van der Waals surface area (Å²) in [6.45, 7) is 4.18. The fourth-order valence-electron chi connectivity index (χ4n) is 3.42. The van der Waals surface area contributed by atoms with E-state index in [1.807, 2.05) is 11.0 Å². The molecule has 2 aliphatic rings. The summed E-state index contributed by atoms with van der Waals surface area (Å²) in [6, 6.07) is 11.4. The molecule has 0 spiro atoms. The lowest BCUT2D eigenvalue weighted by atomic mass is 10.1. The Morgan fingerprint density at radius 2 is 2.00 bits per heavy atom. The molecule has 2 unspecified atom stereocenters. The van der Waals surface area contributed by atoms with Gasteiger partial charge in [-0.05, 0) is 55.5 Å². The average Bonchev–Trinajstić information content (AvgIpc) is 3.52. The minimum Gasteiger partial charge on any atom is -0.464 e. The first-order chi connectivity index (χ1) is 12.5. The van der Waals surface area contributed by atoms with Crippen LogP contribution in [0.2, 0.25) is 0 Å². The van der Waals surface area contributed by atoms with Crippen LogP contribution in [0, 0.1) is 5.92 Å². The number of hydrogen-bond acceptors (Lipinski definition) is 3. The number of nitrogens with one attached hydrogen (secondary N) is 1. The van der Waals surface area contributed by atoms with E-state index in [4.69, 9.17) is 4.42 Å². The molecule has 1 aromatic carbocycles. The van der Waals surface area contributed by atoms with Gasteiger partial charge in [0.05, 0.1) is 6.54 Å². The number of benzene rings is 1. The maximum absolute atomic E-state index is 13.0. The topological polar surface area (TPSA) is 62.6 Å². The Morgan fingerprint density at radius 3 is 2.65 bits per heavy atom. The molecule has 0 saturated heterocycles. The maximum atomic E-state index is 13.0. The van der Waals surface area contributed by atoms with Gasteiger partial charge < -0.3 is 14.6 Å². The van der Waals surface area contributed by atoms with E-state index in [1.54, 1.807) is 24.3 Å². The van der Waals surface area contributed by atoms with Crippen LogP contribution in [-0.4, -0.2) is 22.8 Å². The van der Waals surface area contributed by atoms with Crippen LogP contribution in [-0.2, 0) is 11.3 Å². The number of amides is 2. The van der Waals surface area contributed by atoms with Crippen molar-refractivity contribution in [2.75, 3.05) is 5.32 Å². The van der Waals surface area contributed by atoms with Gasteiger partial charge in [-0.15, -0.1) is 0 Å². The van der Waals surface area contributed by atoms with Gasteiger partial charge in [0.15, 0.2) is 0 Å². The molecule has 26 heavy (non-hydrogen) atoms. The summed E-state index contributed by atoms with van der Waals surface area (Å²) in [7, 11) is 0. The predicted molar refractivity (Wildman–Crippen MR) is 98.9 cm³/mol. The number of nitrogens with zero attached hydrogens (tertiary/aromatic N) is 1. The fourth-order valence-corrected chi connectivity index (χ4v) is 3.42. The highest BCUT2D eigenvalue weighted by Crippen LogP contribution is 2.47. The van der Waals surface area contributed by atoms with Crippen LogP contribution in [0.25, 0.3) is 0 Å². The lowest BCUT2D eigenvalue weighted by Crippen LogP contribution is -2.32. The van der Waals surface area contributed by atoms with Crippen molar-refractivity contribution in [1.82, 2.24) is 4.90 Å². The minimum absolute atomic E-state index is 0.0163. The molecule has 136 valence electrons. The van der Waals surface area contributed by atoms with Crippen LogP contribution in [0.3, 0.4) is 0 Å². The summed E-state index contributed by atoms with van der Waals surface area (Å²) in [5.41, 5.74) is 1.23. The van der Waals surface area contributed by atoms with E-state index in [0.29, 0.717) is 29.6 Å². The zero-order chi connectivity index (χ0) is 18.3. The predicted octanol–water partition coefficient (Wildman–Crippen LogP) is 4.17. The molecule has 2 amide bonds. The minimum atomic E-state index is -0.147. The number of carbonyl (C=O) groups excluding carboxylic acids is 2. The zero-order valence-electron chi connectivity index (χ0n) is 15.2. The lowest BCUT2D eigenvalue weighted by Gasteiger charge is -2.21. The van der Waals surface area contributed by atoms with Crippen LogP contribution in [0.5, 0.6) is 0 Å². The molecule has 2 aliphatic carbocycles. The van der Waals surface area contributed by atoms with Gasteiger partial charge in [0.25, 0.3) is 5.91 Å². The first-order valence-corrected chi connectivity index (χ1v) is 9.28. The molecular weight excluding hydrogens is 328 g/mol. The Bertz CT molecular complexity index is 837. The number of anilines is 1. The molecule has 2 fully saturated rings. The second-order valence-electron chi connectivity index (χ2n) is 7.55. The number of carbonyl (C=O) groups is 2. The van der Waals surface area contributed by atoms with E-state index in [2.05, 4.69) is 18.3 Å². The Balaban J connectivity index is 1.50. The Hall–Kier alpha value is -2.56. The average molecular weight is 352 g/mol. The first kappa shape index (κ1) is 16.9. The Labute approximate surface area is 153 Å². The van der Waals surface area contributed by atoms with Gasteiger partial charge in [0.2, 0.25) is 5.91 Å². The number of furan rings is 1. The Kier molecular flexibility index (Phi) is 4.31. The smallest absolute Gasteiger partial charge is 0.254 e. The van der Waals surface area contributed by atoms with Gasteiger partial charge in [-0.2, -0.15) is 0 Å². The molecule has 1 heterocycles. The summed E-state index contributed by atoms with van der Waals surface area (Å²) in [5.74, 6) is 2.97. The molecule has 2 aromatic rings. The third kappa shape index (κ3) is 3.66. The molecule has 0 radical (unpaired) electrons. The third-order valence-electron chi connectivity index (χ3n) is 5.16. The van der Waals surface area contributed by atoms with E-state index in [1.165, 1.54) is 13.3 Å². The molecule has 0 aliphatic heterocycles. The summed E-state index contributed by atoms with van der Waals surface area (Å²) in [4.78, 5) is 26.2. The van der Waals surface area contributed by atoms with Crippen molar-refractivity contribution < 1.29 is 14.0 Å². The van der Waals surface area contributed by atoms with Crippen molar-refractivity contribution in [3.8, 4) is 0 Å². The zero-order valence-corrected chi connectivity index (χ0v) is 15.2. The Morgan fingerprint density at radius 1 is 1.23 bits per heavy atom. The van der Waals surface area contributed by atoms with Gasteiger partial charge in [-0.3, -0.25) is 9.59 Å². The normalized spacial score (nSPS) is 21.3.